The zero-order valence-electron chi connectivity index (χ0n) is 12.6. The van der Waals surface area contributed by atoms with E-state index in [4.69, 9.17) is 10.3 Å². The molecule has 1 heterocycles. The number of nitrogens with zero attached hydrogens (tertiary/aromatic N) is 2. The van der Waals surface area contributed by atoms with Crippen molar-refractivity contribution in [1.29, 1.82) is 0 Å². The molecule has 4 heteroatoms. The Labute approximate surface area is 125 Å². The fraction of sp³-hybridized carbons (Fsp3) is 0.529. The number of benzene rings is 1. The van der Waals surface area contributed by atoms with E-state index in [1.54, 1.807) is 0 Å². The highest BCUT2D eigenvalue weighted by Crippen LogP contribution is 2.29. The van der Waals surface area contributed by atoms with Gasteiger partial charge in [-0.05, 0) is 24.8 Å². The Morgan fingerprint density at radius 2 is 2.05 bits per heavy atom. The second-order valence-electron chi connectivity index (χ2n) is 6.08. The first-order chi connectivity index (χ1) is 10.2. The highest BCUT2D eigenvalue weighted by Gasteiger charge is 2.18. The van der Waals surface area contributed by atoms with E-state index in [0.29, 0.717) is 5.82 Å². The van der Waals surface area contributed by atoms with E-state index in [1.165, 1.54) is 25.7 Å². The van der Waals surface area contributed by atoms with Gasteiger partial charge in [0.1, 0.15) is 0 Å². The predicted octanol–water partition coefficient (Wildman–Crippen LogP) is 3.88. The maximum atomic E-state index is 6.01. The minimum absolute atomic E-state index is 0.0401. The van der Waals surface area contributed by atoms with E-state index in [1.807, 2.05) is 31.2 Å². The molecule has 2 aromatic rings. The summed E-state index contributed by atoms with van der Waals surface area (Å²) in [6.45, 7) is 1.97. The van der Waals surface area contributed by atoms with Gasteiger partial charge in [0.2, 0.25) is 11.7 Å². The molecule has 1 unspecified atom stereocenters. The van der Waals surface area contributed by atoms with Crippen molar-refractivity contribution in [3.8, 4) is 11.4 Å². The van der Waals surface area contributed by atoms with Crippen molar-refractivity contribution in [2.75, 3.05) is 0 Å². The molecule has 0 saturated heterocycles. The molecule has 1 saturated carbocycles. The molecule has 4 nitrogen and oxygen atoms in total. The highest BCUT2D eigenvalue weighted by atomic mass is 16.5. The van der Waals surface area contributed by atoms with Crippen LogP contribution in [-0.2, 0) is 6.42 Å². The third-order valence-corrected chi connectivity index (χ3v) is 4.40. The molecule has 1 fully saturated rings. The van der Waals surface area contributed by atoms with Crippen LogP contribution in [0.15, 0.2) is 28.8 Å². The Bertz CT molecular complexity index is 585. The van der Waals surface area contributed by atoms with Crippen molar-refractivity contribution >= 4 is 0 Å². The second kappa shape index (κ2) is 6.39. The smallest absolute Gasteiger partial charge is 0.226 e. The van der Waals surface area contributed by atoms with Gasteiger partial charge in [0.15, 0.2) is 0 Å². The van der Waals surface area contributed by atoms with Crippen LogP contribution in [0.1, 0.15) is 56.5 Å². The highest BCUT2D eigenvalue weighted by molar-refractivity contribution is 5.60. The van der Waals surface area contributed by atoms with Gasteiger partial charge < -0.3 is 10.3 Å². The Hall–Kier alpha value is -1.68. The summed E-state index contributed by atoms with van der Waals surface area (Å²) in [7, 11) is 0. The largest absolute Gasteiger partial charge is 0.339 e. The fourth-order valence-corrected chi connectivity index (χ4v) is 3.19. The van der Waals surface area contributed by atoms with E-state index in [0.717, 1.165) is 35.8 Å². The molecular weight excluding hydrogens is 262 g/mol. The number of nitrogens with two attached hydrogens (primary N) is 1. The summed E-state index contributed by atoms with van der Waals surface area (Å²) in [5, 5.41) is 4.13. The van der Waals surface area contributed by atoms with E-state index >= 15 is 0 Å². The van der Waals surface area contributed by atoms with Crippen molar-refractivity contribution < 1.29 is 4.52 Å². The zero-order valence-corrected chi connectivity index (χ0v) is 12.6. The molecule has 1 aromatic heterocycles. The Balaban J connectivity index is 1.72. The first-order valence-corrected chi connectivity index (χ1v) is 7.91. The summed E-state index contributed by atoms with van der Waals surface area (Å²) in [6, 6.07) is 7.96. The minimum Gasteiger partial charge on any atom is -0.339 e. The molecule has 0 bridgehead atoms. The van der Waals surface area contributed by atoms with Gasteiger partial charge in [0, 0.05) is 18.0 Å². The van der Waals surface area contributed by atoms with E-state index in [-0.39, 0.29) is 6.04 Å². The zero-order chi connectivity index (χ0) is 14.7. The third-order valence-electron chi connectivity index (χ3n) is 4.40. The number of aromatic nitrogens is 2. The Morgan fingerprint density at radius 3 is 2.81 bits per heavy atom. The number of aryl methyl sites for hydroxylation is 1. The van der Waals surface area contributed by atoms with Crippen LogP contribution in [0.25, 0.3) is 11.4 Å². The van der Waals surface area contributed by atoms with Crippen LogP contribution in [0.4, 0.5) is 0 Å². The molecule has 0 spiro atoms. The van der Waals surface area contributed by atoms with Gasteiger partial charge in [-0.3, -0.25) is 0 Å². The van der Waals surface area contributed by atoms with Crippen molar-refractivity contribution in [3.05, 3.63) is 35.7 Å². The summed E-state index contributed by atoms with van der Waals surface area (Å²) in [5.41, 5.74) is 8.05. The van der Waals surface area contributed by atoms with Crippen LogP contribution in [0.5, 0.6) is 0 Å². The van der Waals surface area contributed by atoms with Crippen LogP contribution < -0.4 is 5.73 Å². The first kappa shape index (κ1) is 14.3. The molecule has 1 aliphatic rings. The number of hydrogen-bond donors (Lipinski definition) is 1. The molecule has 2 N–H and O–H groups in total. The van der Waals surface area contributed by atoms with Crippen LogP contribution >= 0.6 is 0 Å². The fourth-order valence-electron chi connectivity index (χ4n) is 3.19. The molecular formula is C17H23N3O. The van der Waals surface area contributed by atoms with Gasteiger partial charge in [-0.25, -0.2) is 0 Å². The van der Waals surface area contributed by atoms with E-state index < -0.39 is 0 Å². The lowest BCUT2D eigenvalue weighted by Crippen LogP contribution is -2.06. The number of rotatable bonds is 5. The lowest BCUT2D eigenvalue weighted by atomic mass is 10.0. The Kier molecular flexibility index (Phi) is 4.34. The van der Waals surface area contributed by atoms with Gasteiger partial charge in [-0.2, -0.15) is 4.98 Å². The summed E-state index contributed by atoms with van der Waals surface area (Å²) in [4.78, 5) is 4.55. The summed E-state index contributed by atoms with van der Waals surface area (Å²) in [6.07, 6.45) is 7.51. The quantitative estimate of drug-likeness (QED) is 0.905. The van der Waals surface area contributed by atoms with Crippen molar-refractivity contribution in [3.63, 3.8) is 0 Å². The molecule has 0 amide bonds. The van der Waals surface area contributed by atoms with Crippen LogP contribution in [0, 0.1) is 5.92 Å². The topological polar surface area (TPSA) is 64.9 Å². The molecule has 112 valence electrons. The third kappa shape index (κ3) is 3.32. The lowest BCUT2D eigenvalue weighted by molar-refractivity contribution is 0.362. The standard InChI is InChI=1S/C17H23N3O/c1-12(18)14-8-4-5-9-15(14)17-19-16(21-20-17)11-10-13-6-2-3-7-13/h4-5,8-9,12-13H,2-3,6-7,10-11,18H2,1H3. The van der Waals surface area contributed by atoms with Gasteiger partial charge in [0.05, 0.1) is 0 Å². The van der Waals surface area contributed by atoms with Gasteiger partial charge in [-0.1, -0.05) is 55.1 Å². The van der Waals surface area contributed by atoms with Crippen molar-refractivity contribution in [1.82, 2.24) is 10.1 Å². The van der Waals surface area contributed by atoms with Crippen molar-refractivity contribution in [2.45, 2.75) is 51.5 Å². The molecule has 21 heavy (non-hydrogen) atoms. The summed E-state index contributed by atoms with van der Waals surface area (Å²) >= 11 is 0. The minimum atomic E-state index is -0.0401. The Morgan fingerprint density at radius 1 is 1.29 bits per heavy atom. The molecule has 1 aromatic carbocycles. The first-order valence-electron chi connectivity index (χ1n) is 7.91. The maximum absolute atomic E-state index is 6.01. The molecule has 0 radical (unpaired) electrons. The normalized spacial score (nSPS) is 17.2. The van der Waals surface area contributed by atoms with Crippen LogP contribution in [0.2, 0.25) is 0 Å². The van der Waals surface area contributed by atoms with Crippen LogP contribution in [0.3, 0.4) is 0 Å². The van der Waals surface area contributed by atoms with Crippen LogP contribution in [-0.4, -0.2) is 10.1 Å². The summed E-state index contributed by atoms with van der Waals surface area (Å²) < 4.78 is 5.41. The van der Waals surface area contributed by atoms with E-state index in [2.05, 4.69) is 10.1 Å². The molecule has 0 aliphatic heterocycles. The molecule has 3 rings (SSSR count). The lowest BCUT2D eigenvalue weighted by Gasteiger charge is -2.09. The average molecular weight is 285 g/mol. The average Bonchev–Trinajstić information content (AvgIpc) is 3.16. The second-order valence-corrected chi connectivity index (χ2v) is 6.08. The maximum Gasteiger partial charge on any atom is 0.226 e. The van der Waals surface area contributed by atoms with Gasteiger partial charge in [-0.15, -0.1) is 0 Å². The predicted molar refractivity (Wildman–Crippen MR) is 82.6 cm³/mol. The SMILES string of the molecule is CC(N)c1ccccc1-c1noc(CCC2CCCC2)n1. The molecule has 1 atom stereocenters. The van der Waals surface area contributed by atoms with Gasteiger partial charge >= 0.3 is 0 Å². The monoisotopic (exact) mass is 285 g/mol. The van der Waals surface area contributed by atoms with Crippen molar-refractivity contribution in [2.24, 2.45) is 11.7 Å². The van der Waals surface area contributed by atoms with E-state index in [9.17, 15) is 0 Å². The summed E-state index contributed by atoms with van der Waals surface area (Å²) in [5.74, 6) is 2.25. The number of hydrogen-bond acceptors (Lipinski definition) is 4. The molecule has 1 aliphatic carbocycles. The van der Waals surface area contributed by atoms with Gasteiger partial charge in [0.25, 0.3) is 0 Å².